The first-order chi connectivity index (χ1) is 8.79. The highest BCUT2D eigenvalue weighted by molar-refractivity contribution is 5.78. The van der Waals surface area contributed by atoms with E-state index in [4.69, 9.17) is 9.47 Å². The molecule has 1 N–H and O–H groups in total. The molecule has 1 aliphatic heterocycles. The highest BCUT2D eigenvalue weighted by atomic mass is 16.5. The molecule has 1 aliphatic rings. The van der Waals surface area contributed by atoms with Gasteiger partial charge in [0.05, 0.1) is 19.1 Å². The van der Waals surface area contributed by atoms with E-state index in [2.05, 4.69) is 10.3 Å². The molecule has 2 rings (SSSR count). The Hall–Kier alpha value is -1.62. The molecule has 1 amide bonds. The third-order valence-electron chi connectivity index (χ3n) is 2.86. The van der Waals surface area contributed by atoms with Crippen molar-refractivity contribution in [1.82, 2.24) is 10.3 Å². The average molecular weight is 250 g/mol. The Balaban J connectivity index is 1.85. The molecule has 0 aromatic carbocycles. The SMILES string of the molecule is CCOc1cc(CNC(=O)C2CCOC2)ccn1. The largest absolute Gasteiger partial charge is 0.478 e. The van der Waals surface area contributed by atoms with Crippen molar-refractivity contribution in [3.8, 4) is 5.88 Å². The van der Waals surface area contributed by atoms with Crippen LogP contribution in [-0.4, -0.2) is 30.7 Å². The first kappa shape index (κ1) is 12.8. The van der Waals surface area contributed by atoms with Crippen molar-refractivity contribution in [3.63, 3.8) is 0 Å². The number of hydrogen-bond donors (Lipinski definition) is 1. The number of pyridine rings is 1. The van der Waals surface area contributed by atoms with Gasteiger partial charge in [0.25, 0.3) is 0 Å². The summed E-state index contributed by atoms with van der Waals surface area (Å²) in [6.45, 7) is 4.21. The fourth-order valence-corrected chi connectivity index (χ4v) is 1.86. The summed E-state index contributed by atoms with van der Waals surface area (Å²) in [6.07, 6.45) is 2.50. The van der Waals surface area contributed by atoms with Gasteiger partial charge in [0.15, 0.2) is 0 Å². The van der Waals surface area contributed by atoms with Crippen molar-refractivity contribution in [2.45, 2.75) is 19.9 Å². The van der Waals surface area contributed by atoms with Crippen molar-refractivity contribution in [3.05, 3.63) is 23.9 Å². The minimum Gasteiger partial charge on any atom is -0.478 e. The molecule has 1 unspecified atom stereocenters. The van der Waals surface area contributed by atoms with Gasteiger partial charge in [-0.2, -0.15) is 0 Å². The van der Waals surface area contributed by atoms with Crippen LogP contribution in [0.5, 0.6) is 5.88 Å². The molecular formula is C13H18N2O3. The van der Waals surface area contributed by atoms with Gasteiger partial charge in [0.2, 0.25) is 11.8 Å². The maximum Gasteiger partial charge on any atom is 0.225 e. The van der Waals surface area contributed by atoms with Crippen molar-refractivity contribution in [2.75, 3.05) is 19.8 Å². The lowest BCUT2D eigenvalue weighted by atomic mass is 10.1. The molecule has 0 radical (unpaired) electrons. The summed E-state index contributed by atoms with van der Waals surface area (Å²) in [5.41, 5.74) is 0.987. The zero-order valence-electron chi connectivity index (χ0n) is 10.5. The number of rotatable bonds is 5. The van der Waals surface area contributed by atoms with E-state index in [1.165, 1.54) is 0 Å². The molecule has 1 aromatic rings. The number of nitrogens with zero attached hydrogens (tertiary/aromatic N) is 1. The number of ether oxygens (including phenoxy) is 2. The van der Waals surface area contributed by atoms with Crippen molar-refractivity contribution in [2.24, 2.45) is 5.92 Å². The number of nitrogens with one attached hydrogen (secondary N) is 1. The molecule has 98 valence electrons. The lowest BCUT2D eigenvalue weighted by Gasteiger charge is -2.10. The molecule has 0 bridgehead atoms. The van der Waals surface area contributed by atoms with Crippen LogP contribution in [0.15, 0.2) is 18.3 Å². The van der Waals surface area contributed by atoms with Crippen LogP contribution >= 0.6 is 0 Å². The van der Waals surface area contributed by atoms with Crippen molar-refractivity contribution in [1.29, 1.82) is 0 Å². The lowest BCUT2D eigenvalue weighted by Crippen LogP contribution is -2.30. The van der Waals surface area contributed by atoms with Gasteiger partial charge in [-0.3, -0.25) is 4.79 Å². The highest BCUT2D eigenvalue weighted by Gasteiger charge is 2.22. The Morgan fingerprint density at radius 1 is 1.67 bits per heavy atom. The molecular weight excluding hydrogens is 232 g/mol. The predicted octanol–water partition coefficient (Wildman–Crippen LogP) is 1.13. The van der Waals surface area contributed by atoms with Gasteiger partial charge in [-0.15, -0.1) is 0 Å². The summed E-state index contributed by atoms with van der Waals surface area (Å²) in [5.74, 6) is 0.647. The topological polar surface area (TPSA) is 60.5 Å². The number of carbonyl (C=O) groups is 1. The van der Waals surface area contributed by atoms with Gasteiger partial charge < -0.3 is 14.8 Å². The van der Waals surface area contributed by atoms with Gasteiger partial charge in [-0.1, -0.05) is 0 Å². The minimum absolute atomic E-state index is 0.00167. The Bertz CT molecular complexity index is 403. The van der Waals surface area contributed by atoms with E-state index in [0.717, 1.165) is 12.0 Å². The molecule has 0 spiro atoms. The summed E-state index contributed by atoms with van der Waals surface area (Å²) in [6, 6.07) is 3.71. The zero-order chi connectivity index (χ0) is 12.8. The molecule has 1 aromatic heterocycles. The first-order valence-electron chi connectivity index (χ1n) is 6.22. The lowest BCUT2D eigenvalue weighted by molar-refractivity contribution is -0.125. The Morgan fingerprint density at radius 2 is 2.56 bits per heavy atom. The second-order valence-corrected chi connectivity index (χ2v) is 4.21. The standard InChI is InChI=1S/C13H18N2O3/c1-2-18-12-7-10(3-5-14-12)8-15-13(16)11-4-6-17-9-11/h3,5,7,11H,2,4,6,8-9H2,1H3,(H,15,16). The summed E-state index contributed by atoms with van der Waals surface area (Å²) >= 11 is 0. The van der Waals surface area contributed by atoms with Gasteiger partial charge in [0.1, 0.15) is 0 Å². The Kier molecular flexibility index (Phi) is 4.52. The maximum atomic E-state index is 11.8. The van der Waals surface area contributed by atoms with Crippen LogP contribution in [0.3, 0.4) is 0 Å². The molecule has 1 saturated heterocycles. The van der Waals surface area contributed by atoms with Crippen molar-refractivity contribution < 1.29 is 14.3 Å². The third kappa shape index (κ3) is 3.43. The quantitative estimate of drug-likeness (QED) is 0.851. The van der Waals surface area contributed by atoms with E-state index in [1.54, 1.807) is 6.20 Å². The second kappa shape index (κ2) is 6.35. The summed E-state index contributed by atoms with van der Waals surface area (Å²) in [5, 5.41) is 2.91. The van der Waals surface area contributed by atoms with Crippen LogP contribution in [0, 0.1) is 5.92 Å². The van der Waals surface area contributed by atoms with E-state index < -0.39 is 0 Å². The van der Waals surface area contributed by atoms with E-state index in [1.807, 2.05) is 19.1 Å². The third-order valence-corrected chi connectivity index (χ3v) is 2.86. The van der Waals surface area contributed by atoms with E-state index in [-0.39, 0.29) is 11.8 Å². The van der Waals surface area contributed by atoms with Gasteiger partial charge >= 0.3 is 0 Å². The van der Waals surface area contributed by atoms with Gasteiger partial charge in [0, 0.05) is 25.4 Å². The Morgan fingerprint density at radius 3 is 3.28 bits per heavy atom. The smallest absolute Gasteiger partial charge is 0.225 e. The summed E-state index contributed by atoms with van der Waals surface area (Å²) in [7, 11) is 0. The van der Waals surface area contributed by atoms with Crippen LogP contribution in [-0.2, 0) is 16.1 Å². The predicted molar refractivity (Wildman–Crippen MR) is 66.2 cm³/mol. The fourth-order valence-electron chi connectivity index (χ4n) is 1.86. The van der Waals surface area contributed by atoms with Crippen LogP contribution in [0.4, 0.5) is 0 Å². The molecule has 2 heterocycles. The molecule has 0 aliphatic carbocycles. The minimum atomic E-state index is -0.00167. The molecule has 0 saturated carbocycles. The summed E-state index contributed by atoms with van der Waals surface area (Å²) in [4.78, 5) is 15.9. The second-order valence-electron chi connectivity index (χ2n) is 4.21. The van der Waals surface area contributed by atoms with E-state index in [9.17, 15) is 4.79 Å². The molecule has 1 atom stereocenters. The number of carbonyl (C=O) groups excluding carboxylic acids is 1. The molecule has 5 heteroatoms. The molecule has 5 nitrogen and oxygen atoms in total. The van der Waals surface area contributed by atoms with Crippen LogP contribution in [0.25, 0.3) is 0 Å². The normalized spacial score (nSPS) is 18.6. The molecule has 1 fully saturated rings. The van der Waals surface area contributed by atoms with Crippen molar-refractivity contribution >= 4 is 5.91 Å². The maximum absolute atomic E-state index is 11.8. The number of hydrogen-bond acceptors (Lipinski definition) is 4. The Labute approximate surface area is 107 Å². The monoisotopic (exact) mass is 250 g/mol. The number of aromatic nitrogens is 1. The van der Waals surface area contributed by atoms with Gasteiger partial charge in [-0.05, 0) is 25.0 Å². The fraction of sp³-hybridized carbons (Fsp3) is 0.538. The van der Waals surface area contributed by atoms with E-state index in [0.29, 0.717) is 32.2 Å². The van der Waals surface area contributed by atoms with Crippen LogP contribution in [0.1, 0.15) is 18.9 Å². The highest BCUT2D eigenvalue weighted by Crippen LogP contribution is 2.13. The molecule has 18 heavy (non-hydrogen) atoms. The van der Waals surface area contributed by atoms with Crippen LogP contribution in [0.2, 0.25) is 0 Å². The first-order valence-corrected chi connectivity index (χ1v) is 6.22. The van der Waals surface area contributed by atoms with Crippen LogP contribution < -0.4 is 10.1 Å². The zero-order valence-corrected chi connectivity index (χ0v) is 10.5. The van der Waals surface area contributed by atoms with E-state index >= 15 is 0 Å². The summed E-state index contributed by atoms with van der Waals surface area (Å²) < 4.78 is 10.5. The number of amides is 1. The van der Waals surface area contributed by atoms with Gasteiger partial charge in [-0.25, -0.2) is 4.98 Å². The average Bonchev–Trinajstić information content (AvgIpc) is 2.91.